The molecule has 1 aromatic heterocycles. The molecule has 0 aliphatic rings. The van der Waals surface area contributed by atoms with Gasteiger partial charge < -0.3 is 14.8 Å². The molecule has 1 aromatic carbocycles. The molecule has 1 atom stereocenters. The number of nitrogens with zero attached hydrogens (tertiary/aromatic N) is 1. The first-order valence-electron chi connectivity index (χ1n) is 6.13. The molecular weight excluding hydrogens is 247 g/mol. The van der Waals surface area contributed by atoms with Gasteiger partial charge in [0.25, 0.3) is 0 Å². The molecule has 0 aliphatic heterocycles. The molecular formula is C14H17FN2O2. The van der Waals surface area contributed by atoms with Crippen molar-refractivity contribution in [3.05, 3.63) is 53.0 Å². The van der Waals surface area contributed by atoms with Gasteiger partial charge in [0.2, 0.25) is 5.89 Å². The molecule has 1 heterocycles. The summed E-state index contributed by atoms with van der Waals surface area (Å²) in [4.78, 5) is 4.23. The van der Waals surface area contributed by atoms with E-state index >= 15 is 0 Å². The van der Waals surface area contributed by atoms with Gasteiger partial charge in [-0.3, -0.25) is 0 Å². The maximum absolute atomic E-state index is 12.7. The quantitative estimate of drug-likeness (QED) is 0.869. The molecule has 19 heavy (non-hydrogen) atoms. The lowest BCUT2D eigenvalue weighted by Gasteiger charge is -2.11. The van der Waals surface area contributed by atoms with Gasteiger partial charge in [-0.05, 0) is 31.5 Å². The Labute approximate surface area is 111 Å². The van der Waals surface area contributed by atoms with Gasteiger partial charge in [-0.1, -0.05) is 12.1 Å². The highest BCUT2D eigenvalue weighted by atomic mass is 19.1. The second kappa shape index (κ2) is 5.95. The van der Waals surface area contributed by atoms with Crippen LogP contribution in [-0.2, 0) is 6.54 Å². The molecule has 4 nitrogen and oxygen atoms in total. The van der Waals surface area contributed by atoms with Gasteiger partial charge in [0.05, 0.1) is 18.3 Å². The number of aromatic nitrogens is 1. The largest absolute Gasteiger partial charge is 0.444 e. The summed E-state index contributed by atoms with van der Waals surface area (Å²) in [7, 11) is 0. The smallest absolute Gasteiger partial charge is 0.208 e. The van der Waals surface area contributed by atoms with E-state index < -0.39 is 6.10 Å². The molecule has 0 saturated heterocycles. The van der Waals surface area contributed by atoms with Crippen molar-refractivity contribution in [1.82, 2.24) is 10.3 Å². The molecule has 0 aliphatic carbocycles. The minimum absolute atomic E-state index is 0.311. The lowest BCUT2D eigenvalue weighted by atomic mass is 10.1. The predicted molar refractivity (Wildman–Crippen MR) is 69.0 cm³/mol. The molecule has 0 spiro atoms. The van der Waals surface area contributed by atoms with E-state index in [1.807, 2.05) is 13.8 Å². The average molecular weight is 264 g/mol. The van der Waals surface area contributed by atoms with Crippen LogP contribution in [0.1, 0.15) is 29.0 Å². The molecule has 1 unspecified atom stereocenters. The molecule has 0 radical (unpaired) electrons. The summed E-state index contributed by atoms with van der Waals surface area (Å²) in [5, 5.41) is 13.0. The highest BCUT2D eigenvalue weighted by Crippen LogP contribution is 2.13. The van der Waals surface area contributed by atoms with Crippen molar-refractivity contribution in [2.45, 2.75) is 26.5 Å². The average Bonchev–Trinajstić information content (AvgIpc) is 2.69. The molecule has 0 saturated carbocycles. The zero-order valence-electron chi connectivity index (χ0n) is 11.0. The fraction of sp³-hybridized carbons (Fsp3) is 0.357. The lowest BCUT2D eigenvalue weighted by molar-refractivity contribution is 0.173. The molecule has 0 bridgehead atoms. The Morgan fingerprint density at radius 3 is 2.58 bits per heavy atom. The van der Waals surface area contributed by atoms with Gasteiger partial charge in [0, 0.05) is 6.54 Å². The van der Waals surface area contributed by atoms with Crippen LogP contribution in [0.4, 0.5) is 4.39 Å². The maximum Gasteiger partial charge on any atom is 0.208 e. The van der Waals surface area contributed by atoms with Gasteiger partial charge in [0.1, 0.15) is 11.6 Å². The van der Waals surface area contributed by atoms with E-state index in [1.54, 1.807) is 12.1 Å². The van der Waals surface area contributed by atoms with E-state index in [9.17, 15) is 9.50 Å². The standard InChI is InChI=1S/C14H17FN2O2/c1-9-10(2)19-14(17-9)8-16-7-13(18)11-3-5-12(15)6-4-11/h3-6,13,16,18H,7-8H2,1-2H3. The SMILES string of the molecule is Cc1nc(CNCC(O)c2ccc(F)cc2)oc1C. The van der Waals surface area contributed by atoms with Crippen molar-refractivity contribution in [1.29, 1.82) is 0 Å². The first-order valence-corrected chi connectivity index (χ1v) is 6.13. The molecule has 2 N–H and O–H groups in total. The van der Waals surface area contributed by atoms with Crippen LogP contribution in [0.3, 0.4) is 0 Å². The number of oxazole rings is 1. The van der Waals surface area contributed by atoms with Crippen LogP contribution >= 0.6 is 0 Å². The number of hydrogen-bond acceptors (Lipinski definition) is 4. The summed E-state index contributed by atoms with van der Waals surface area (Å²) in [6.45, 7) is 4.55. The number of nitrogens with one attached hydrogen (secondary N) is 1. The molecule has 2 aromatic rings. The molecule has 102 valence electrons. The van der Waals surface area contributed by atoms with Crippen LogP contribution in [0.25, 0.3) is 0 Å². The molecule has 0 fully saturated rings. The minimum atomic E-state index is -0.683. The van der Waals surface area contributed by atoms with Crippen LogP contribution in [0.2, 0.25) is 0 Å². The number of aliphatic hydroxyl groups excluding tert-OH is 1. The Hall–Kier alpha value is -1.72. The summed E-state index contributed by atoms with van der Waals surface area (Å²) < 4.78 is 18.2. The maximum atomic E-state index is 12.7. The Morgan fingerprint density at radius 1 is 1.32 bits per heavy atom. The second-order valence-electron chi connectivity index (χ2n) is 4.45. The fourth-order valence-electron chi connectivity index (χ4n) is 1.73. The monoisotopic (exact) mass is 264 g/mol. The van der Waals surface area contributed by atoms with Crippen molar-refractivity contribution in [2.24, 2.45) is 0 Å². The van der Waals surface area contributed by atoms with Gasteiger partial charge in [0.15, 0.2) is 0 Å². The number of benzene rings is 1. The lowest BCUT2D eigenvalue weighted by Crippen LogP contribution is -2.21. The van der Waals surface area contributed by atoms with E-state index in [1.165, 1.54) is 12.1 Å². The Balaban J connectivity index is 1.83. The highest BCUT2D eigenvalue weighted by molar-refractivity contribution is 5.18. The number of halogens is 1. The Morgan fingerprint density at radius 2 is 2.00 bits per heavy atom. The summed E-state index contributed by atoms with van der Waals surface area (Å²) in [6.07, 6.45) is -0.683. The summed E-state index contributed by atoms with van der Waals surface area (Å²) in [5.41, 5.74) is 1.55. The van der Waals surface area contributed by atoms with Crippen molar-refractivity contribution in [3.63, 3.8) is 0 Å². The third-order valence-corrected chi connectivity index (χ3v) is 2.94. The van der Waals surface area contributed by atoms with Gasteiger partial charge in [-0.15, -0.1) is 0 Å². The molecule has 5 heteroatoms. The summed E-state index contributed by atoms with van der Waals surface area (Å²) >= 11 is 0. The summed E-state index contributed by atoms with van der Waals surface area (Å²) in [5.74, 6) is 1.09. The van der Waals surface area contributed by atoms with Crippen LogP contribution in [-0.4, -0.2) is 16.6 Å². The van der Waals surface area contributed by atoms with E-state index in [2.05, 4.69) is 10.3 Å². The van der Waals surface area contributed by atoms with Crippen molar-refractivity contribution in [2.75, 3.05) is 6.54 Å². The number of aryl methyl sites for hydroxylation is 2. The zero-order valence-corrected chi connectivity index (χ0v) is 11.0. The zero-order chi connectivity index (χ0) is 13.8. The van der Waals surface area contributed by atoms with E-state index in [0.29, 0.717) is 24.5 Å². The van der Waals surface area contributed by atoms with Crippen LogP contribution in [0, 0.1) is 19.7 Å². The van der Waals surface area contributed by atoms with Crippen molar-refractivity contribution >= 4 is 0 Å². The predicted octanol–water partition coefficient (Wildman–Crippen LogP) is 2.25. The topological polar surface area (TPSA) is 58.3 Å². The van der Waals surface area contributed by atoms with Crippen LogP contribution in [0.5, 0.6) is 0 Å². The number of hydrogen-bond donors (Lipinski definition) is 2. The van der Waals surface area contributed by atoms with Gasteiger partial charge in [-0.25, -0.2) is 9.37 Å². The van der Waals surface area contributed by atoms with E-state index in [0.717, 1.165) is 11.5 Å². The highest BCUT2D eigenvalue weighted by Gasteiger charge is 2.09. The van der Waals surface area contributed by atoms with Gasteiger partial charge >= 0.3 is 0 Å². The molecule has 2 rings (SSSR count). The first kappa shape index (κ1) is 13.7. The van der Waals surface area contributed by atoms with Crippen LogP contribution in [0.15, 0.2) is 28.7 Å². The Bertz CT molecular complexity index is 517. The third kappa shape index (κ3) is 3.62. The Kier molecular flexibility index (Phi) is 4.29. The van der Waals surface area contributed by atoms with Crippen molar-refractivity contribution in [3.8, 4) is 0 Å². The van der Waals surface area contributed by atoms with E-state index in [-0.39, 0.29) is 5.82 Å². The molecule has 0 amide bonds. The van der Waals surface area contributed by atoms with E-state index in [4.69, 9.17) is 4.42 Å². The number of aliphatic hydroxyl groups is 1. The normalized spacial score (nSPS) is 12.6. The first-order chi connectivity index (χ1) is 9.06. The fourth-order valence-corrected chi connectivity index (χ4v) is 1.73. The van der Waals surface area contributed by atoms with Gasteiger partial charge in [-0.2, -0.15) is 0 Å². The third-order valence-electron chi connectivity index (χ3n) is 2.94. The second-order valence-corrected chi connectivity index (χ2v) is 4.45. The number of rotatable bonds is 5. The summed E-state index contributed by atoms with van der Waals surface area (Å²) in [6, 6.07) is 5.81. The van der Waals surface area contributed by atoms with Crippen molar-refractivity contribution < 1.29 is 13.9 Å². The minimum Gasteiger partial charge on any atom is -0.444 e. The van der Waals surface area contributed by atoms with Crippen LogP contribution < -0.4 is 5.32 Å².